The molecule has 0 spiro atoms. The van der Waals surface area contributed by atoms with Gasteiger partial charge in [-0.2, -0.15) is 0 Å². The molecule has 28 heavy (non-hydrogen) atoms. The highest BCUT2D eigenvalue weighted by atomic mass is 32.1. The fourth-order valence-electron chi connectivity index (χ4n) is 3.40. The largest absolute Gasteiger partial charge is 0.490 e. The second-order valence-corrected chi connectivity index (χ2v) is 7.32. The van der Waals surface area contributed by atoms with Crippen molar-refractivity contribution in [3.05, 3.63) is 35.0 Å². The summed E-state index contributed by atoms with van der Waals surface area (Å²) in [4.78, 5) is 14.5. The molecule has 6 heteroatoms. The number of benzene rings is 1. The summed E-state index contributed by atoms with van der Waals surface area (Å²) in [5.74, 6) is 1.47. The van der Waals surface area contributed by atoms with Crippen LogP contribution in [-0.4, -0.2) is 35.6 Å². The molecule has 0 amide bonds. The molecule has 1 heterocycles. The van der Waals surface area contributed by atoms with E-state index in [1.54, 1.807) is 6.92 Å². The Kier molecular flexibility index (Phi) is 8.30. The number of rotatable bonds is 10. The summed E-state index contributed by atoms with van der Waals surface area (Å²) in [6.45, 7) is 11.7. The highest BCUT2D eigenvalue weighted by molar-refractivity contribution is 7.80. The molecule has 1 aromatic rings. The van der Waals surface area contributed by atoms with Crippen LogP contribution in [0.3, 0.4) is 0 Å². The van der Waals surface area contributed by atoms with Crippen molar-refractivity contribution in [1.29, 1.82) is 0 Å². The van der Waals surface area contributed by atoms with E-state index in [0.717, 1.165) is 48.4 Å². The molecular formula is C22H32N2O3S. The molecular weight excluding hydrogens is 372 g/mol. The van der Waals surface area contributed by atoms with Gasteiger partial charge in [-0.1, -0.05) is 26.3 Å². The summed E-state index contributed by atoms with van der Waals surface area (Å²) in [6.07, 6.45) is 3.02. The van der Waals surface area contributed by atoms with Gasteiger partial charge >= 0.3 is 0 Å². The fourth-order valence-corrected chi connectivity index (χ4v) is 3.75. The molecule has 1 aliphatic heterocycles. The van der Waals surface area contributed by atoms with Gasteiger partial charge in [-0.15, -0.1) is 0 Å². The molecule has 0 fully saturated rings. The van der Waals surface area contributed by atoms with Crippen LogP contribution in [0, 0.1) is 0 Å². The van der Waals surface area contributed by atoms with Gasteiger partial charge in [-0.3, -0.25) is 4.79 Å². The monoisotopic (exact) mass is 404 g/mol. The van der Waals surface area contributed by atoms with Crippen molar-refractivity contribution in [3.8, 4) is 11.5 Å². The minimum absolute atomic E-state index is 0.0415. The number of ketones is 1. The van der Waals surface area contributed by atoms with Crippen molar-refractivity contribution in [3.63, 3.8) is 0 Å². The number of Topliss-reactive ketones (excluding diaryl/α,β-unsaturated/α-hetero) is 1. The number of nitrogens with zero attached hydrogens (tertiary/aromatic N) is 1. The number of thiocarbonyl (C=S) groups is 1. The molecule has 1 aromatic carbocycles. The number of hydrogen-bond donors (Lipinski definition) is 1. The lowest BCUT2D eigenvalue weighted by molar-refractivity contribution is -0.114. The van der Waals surface area contributed by atoms with E-state index < -0.39 is 0 Å². The predicted molar refractivity (Wildman–Crippen MR) is 117 cm³/mol. The first-order chi connectivity index (χ1) is 13.4. The number of carbonyl (C=O) groups excluding carboxylic acids is 1. The van der Waals surface area contributed by atoms with E-state index >= 15 is 0 Å². The van der Waals surface area contributed by atoms with Crippen LogP contribution in [0.4, 0.5) is 0 Å². The fraction of sp³-hybridized carbons (Fsp3) is 0.545. The van der Waals surface area contributed by atoms with E-state index in [9.17, 15) is 4.79 Å². The highest BCUT2D eigenvalue weighted by Gasteiger charge is 2.32. The van der Waals surface area contributed by atoms with E-state index in [0.29, 0.717) is 24.1 Å². The van der Waals surface area contributed by atoms with Gasteiger partial charge in [-0.25, -0.2) is 0 Å². The molecule has 0 saturated carbocycles. The van der Waals surface area contributed by atoms with Crippen LogP contribution in [0.25, 0.3) is 0 Å². The van der Waals surface area contributed by atoms with Gasteiger partial charge in [0.1, 0.15) is 0 Å². The van der Waals surface area contributed by atoms with Crippen LogP contribution in [0.1, 0.15) is 65.5 Å². The second-order valence-electron chi connectivity index (χ2n) is 6.93. The molecule has 1 aliphatic rings. The Bertz CT molecular complexity index is 745. The Labute approximate surface area is 174 Å². The van der Waals surface area contributed by atoms with Crippen molar-refractivity contribution in [2.24, 2.45) is 0 Å². The molecule has 0 bridgehead atoms. The Morgan fingerprint density at radius 3 is 2.54 bits per heavy atom. The molecule has 1 N–H and O–H groups in total. The van der Waals surface area contributed by atoms with Crippen LogP contribution in [-0.2, 0) is 4.79 Å². The van der Waals surface area contributed by atoms with Crippen molar-refractivity contribution in [2.75, 3.05) is 19.8 Å². The number of hydrogen-bond acceptors (Lipinski definition) is 4. The molecule has 5 nitrogen and oxygen atoms in total. The summed E-state index contributed by atoms with van der Waals surface area (Å²) >= 11 is 5.58. The third-order valence-electron chi connectivity index (χ3n) is 4.78. The van der Waals surface area contributed by atoms with Crippen LogP contribution in [0.2, 0.25) is 0 Å². The van der Waals surface area contributed by atoms with E-state index in [2.05, 4.69) is 19.2 Å². The Morgan fingerprint density at radius 2 is 1.93 bits per heavy atom. The van der Waals surface area contributed by atoms with E-state index in [4.69, 9.17) is 21.7 Å². The summed E-state index contributed by atoms with van der Waals surface area (Å²) < 4.78 is 11.7. The second kappa shape index (κ2) is 10.5. The molecule has 1 atom stereocenters. The smallest absolute Gasteiger partial charge is 0.173 e. The lowest BCUT2D eigenvalue weighted by atomic mass is 9.92. The maximum atomic E-state index is 12.5. The lowest BCUT2D eigenvalue weighted by Gasteiger charge is -2.37. The minimum atomic E-state index is -0.290. The predicted octanol–water partition coefficient (Wildman–Crippen LogP) is 4.77. The van der Waals surface area contributed by atoms with Gasteiger partial charge < -0.3 is 19.7 Å². The lowest BCUT2D eigenvalue weighted by Crippen LogP contribution is -2.47. The zero-order valence-electron chi connectivity index (χ0n) is 17.6. The average Bonchev–Trinajstić information content (AvgIpc) is 2.65. The zero-order valence-corrected chi connectivity index (χ0v) is 18.4. The number of ether oxygens (including phenoxy) is 2. The van der Waals surface area contributed by atoms with Gasteiger partial charge in [0.05, 0.1) is 19.3 Å². The minimum Gasteiger partial charge on any atom is -0.490 e. The highest BCUT2D eigenvalue weighted by Crippen LogP contribution is 2.36. The SMILES string of the molecule is CCCCOc1ccc(C2NC(=S)N(CCC)C(C)=C2C(C)=O)cc1OCC. The molecule has 0 aliphatic carbocycles. The van der Waals surface area contributed by atoms with Gasteiger partial charge in [0, 0.05) is 17.8 Å². The van der Waals surface area contributed by atoms with Crippen LogP contribution in [0.15, 0.2) is 29.5 Å². The Hall–Kier alpha value is -2.08. The molecule has 1 unspecified atom stereocenters. The maximum Gasteiger partial charge on any atom is 0.173 e. The standard InChI is InChI=1S/C22H32N2O3S/c1-6-9-13-27-18-11-10-17(14-19(18)26-8-3)21-20(16(5)25)15(4)24(12-7-2)22(28)23-21/h10-11,14,21H,6-9,12-13H2,1-5H3,(H,23,28). The number of nitrogens with one attached hydrogen (secondary N) is 1. The van der Waals surface area contributed by atoms with Crippen LogP contribution < -0.4 is 14.8 Å². The zero-order chi connectivity index (χ0) is 20.7. The summed E-state index contributed by atoms with van der Waals surface area (Å²) in [5.41, 5.74) is 2.60. The first kappa shape index (κ1) is 22.2. The van der Waals surface area contributed by atoms with Gasteiger partial charge in [0.2, 0.25) is 0 Å². The van der Waals surface area contributed by atoms with E-state index in [1.165, 1.54) is 0 Å². The van der Waals surface area contributed by atoms with Crippen molar-refractivity contribution < 1.29 is 14.3 Å². The van der Waals surface area contributed by atoms with Gasteiger partial charge in [0.25, 0.3) is 0 Å². The van der Waals surface area contributed by atoms with E-state index in [-0.39, 0.29) is 11.8 Å². The van der Waals surface area contributed by atoms with Crippen molar-refractivity contribution in [1.82, 2.24) is 10.2 Å². The normalized spacial score (nSPS) is 16.8. The topological polar surface area (TPSA) is 50.8 Å². The molecule has 0 saturated heterocycles. The first-order valence-electron chi connectivity index (χ1n) is 10.1. The first-order valence-corrected chi connectivity index (χ1v) is 10.5. The maximum absolute atomic E-state index is 12.5. The van der Waals surface area contributed by atoms with Crippen molar-refractivity contribution >= 4 is 23.1 Å². The van der Waals surface area contributed by atoms with Gasteiger partial charge in [-0.05, 0) is 63.5 Å². The summed E-state index contributed by atoms with van der Waals surface area (Å²) in [7, 11) is 0. The van der Waals surface area contributed by atoms with Crippen LogP contribution >= 0.6 is 12.2 Å². The quantitative estimate of drug-likeness (QED) is 0.448. The van der Waals surface area contributed by atoms with E-state index in [1.807, 2.05) is 36.9 Å². The van der Waals surface area contributed by atoms with Crippen LogP contribution in [0.5, 0.6) is 11.5 Å². The summed E-state index contributed by atoms with van der Waals surface area (Å²) in [6, 6.07) is 5.57. The van der Waals surface area contributed by atoms with Crippen molar-refractivity contribution in [2.45, 2.75) is 59.9 Å². The number of carbonyl (C=O) groups is 1. The third kappa shape index (κ3) is 5.04. The molecule has 2 rings (SSSR count). The number of allylic oxidation sites excluding steroid dienone is 1. The third-order valence-corrected chi connectivity index (χ3v) is 5.12. The number of unbranched alkanes of at least 4 members (excludes halogenated alkanes) is 1. The molecule has 154 valence electrons. The van der Waals surface area contributed by atoms with Gasteiger partial charge in [0.15, 0.2) is 22.4 Å². The molecule has 0 aromatic heterocycles. The Balaban J connectivity index is 2.42. The summed E-state index contributed by atoms with van der Waals surface area (Å²) in [5, 5.41) is 4.00. The Morgan fingerprint density at radius 1 is 1.18 bits per heavy atom. The molecule has 0 radical (unpaired) electrons. The average molecular weight is 405 g/mol.